The number of hydrogen-bond acceptors (Lipinski definition) is 3. The lowest BCUT2D eigenvalue weighted by Gasteiger charge is -2.05. The molecule has 0 radical (unpaired) electrons. The van der Waals surface area contributed by atoms with Crippen molar-refractivity contribution in [3.8, 4) is 0 Å². The fourth-order valence-corrected chi connectivity index (χ4v) is 2.56. The van der Waals surface area contributed by atoms with Gasteiger partial charge in [0.1, 0.15) is 0 Å². The van der Waals surface area contributed by atoms with E-state index in [0.29, 0.717) is 12.8 Å². The van der Waals surface area contributed by atoms with Gasteiger partial charge < -0.3 is 5.32 Å². The number of carbonyl (C=O) groups is 1. The van der Waals surface area contributed by atoms with E-state index in [0.717, 1.165) is 22.8 Å². The van der Waals surface area contributed by atoms with Crippen LogP contribution in [0.1, 0.15) is 29.6 Å². The fraction of sp³-hybridized carbons (Fsp3) is 0.333. The van der Waals surface area contributed by atoms with Crippen molar-refractivity contribution in [3.63, 3.8) is 0 Å². The summed E-state index contributed by atoms with van der Waals surface area (Å²) in [4.78, 5) is 16.2. The van der Waals surface area contributed by atoms with Crippen LogP contribution in [-0.4, -0.2) is 10.9 Å². The smallest absolute Gasteiger partial charge is 0.224 e. The first-order valence-electron chi connectivity index (χ1n) is 6.47. The fourth-order valence-electron chi connectivity index (χ4n) is 1.79. The van der Waals surface area contributed by atoms with Crippen LogP contribution >= 0.6 is 11.3 Å². The molecule has 0 aliphatic rings. The second-order valence-corrected chi connectivity index (χ2v) is 5.42. The molecule has 1 aromatic carbocycles. The lowest BCUT2D eigenvalue weighted by atomic mass is 10.1. The molecular formula is C15H18N2OS. The molecule has 3 nitrogen and oxygen atoms in total. The van der Waals surface area contributed by atoms with Crippen molar-refractivity contribution in [2.75, 3.05) is 5.32 Å². The van der Waals surface area contributed by atoms with Gasteiger partial charge in [-0.25, -0.2) is 4.98 Å². The lowest BCUT2D eigenvalue weighted by molar-refractivity contribution is -0.116. The minimum Gasteiger partial charge on any atom is -0.326 e. The zero-order valence-corrected chi connectivity index (χ0v) is 12.1. The Morgan fingerprint density at radius 2 is 2.05 bits per heavy atom. The van der Waals surface area contributed by atoms with E-state index in [9.17, 15) is 4.79 Å². The van der Waals surface area contributed by atoms with Crippen molar-refractivity contribution in [2.24, 2.45) is 0 Å². The standard InChI is InChI=1S/C15H18N2OS/c1-3-12-4-6-13(7-5-12)17-14(18)8-9-15-16-11(2)10-19-15/h4-7,10H,3,8-9H2,1-2H3,(H,17,18). The van der Waals surface area contributed by atoms with Crippen molar-refractivity contribution >= 4 is 22.9 Å². The summed E-state index contributed by atoms with van der Waals surface area (Å²) >= 11 is 1.61. The second-order valence-electron chi connectivity index (χ2n) is 4.48. The van der Waals surface area contributed by atoms with Crippen molar-refractivity contribution in [3.05, 3.63) is 45.9 Å². The van der Waals surface area contributed by atoms with E-state index < -0.39 is 0 Å². The number of amides is 1. The van der Waals surface area contributed by atoms with Gasteiger partial charge in [0.15, 0.2) is 0 Å². The number of aromatic nitrogens is 1. The van der Waals surface area contributed by atoms with E-state index in [1.165, 1.54) is 5.56 Å². The molecule has 4 heteroatoms. The number of benzene rings is 1. The van der Waals surface area contributed by atoms with Gasteiger partial charge in [0.2, 0.25) is 5.91 Å². The van der Waals surface area contributed by atoms with Crippen LogP contribution in [0, 0.1) is 6.92 Å². The molecule has 100 valence electrons. The van der Waals surface area contributed by atoms with Crippen molar-refractivity contribution < 1.29 is 4.79 Å². The number of aryl methyl sites for hydroxylation is 3. The highest BCUT2D eigenvalue weighted by atomic mass is 32.1. The maximum absolute atomic E-state index is 11.8. The molecule has 19 heavy (non-hydrogen) atoms. The van der Waals surface area contributed by atoms with Crippen molar-refractivity contribution in [1.29, 1.82) is 0 Å². The number of anilines is 1. The molecule has 0 fully saturated rings. The van der Waals surface area contributed by atoms with Gasteiger partial charge in [0.05, 0.1) is 5.01 Å². The first-order chi connectivity index (χ1) is 9.17. The van der Waals surface area contributed by atoms with Gasteiger partial charge in [-0.15, -0.1) is 11.3 Å². The van der Waals surface area contributed by atoms with Gasteiger partial charge in [0, 0.05) is 29.6 Å². The zero-order chi connectivity index (χ0) is 13.7. The van der Waals surface area contributed by atoms with Crippen LogP contribution in [0.3, 0.4) is 0 Å². The molecule has 0 spiro atoms. The number of rotatable bonds is 5. The van der Waals surface area contributed by atoms with Gasteiger partial charge in [-0.2, -0.15) is 0 Å². The SMILES string of the molecule is CCc1ccc(NC(=O)CCc2nc(C)cs2)cc1. The predicted molar refractivity (Wildman–Crippen MR) is 79.6 cm³/mol. The number of nitrogens with zero attached hydrogens (tertiary/aromatic N) is 1. The largest absolute Gasteiger partial charge is 0.326 e. The minimum atomic E-state index is 0.0390. The summed E-state index contributed by atoms with van der Waals surface area (Å²) in [5, 5.41) is 5.94. The van der Waals surface area contributed by atoms with Crippen LogP contribution < -0.4 is 5.32 Å². The maximum atomic E-state index is 11.8. The molecule has 0 aliphatic carbocycles. The highest BCUT2D eigenvalue weighted by Gasteiger charge is 2.05. The average molecular weight is 274 g/mol. The Hall–Kier alpha value is -1.68. The molecule has 0 aliphatic heterocycles. The van der Waals surface area contributed by atoms with Crippen LogP contribution in [0.5, 0.6) is 0 Å². The van der Waals surface area contributed by atoms with Crippen LogP contribution in [0.4, 0.5) is 5.69 Å². The Bertz CT molecular complexity index is 546. The van der Waals surface area contributed by atoms with E-state index in [2.05, 4.69) is 17.2 Å². The van der Waals surface area contributed by atoms with Gasteiger partial charge in [-0.1, -0.05) is 19.1 Å². The van der Waals surface area contributed by atoms with E-state index in [4.69, 9.17) is 0 Å². The summed E-state index contributed by atoms with van der Waals surface area (Å²) in [6, 6.07) is 7.98. The molecule has 0 saturated heterocycles. The van der Waals surface area contributed by atoms with E-state index in [1.807, 2.05) is 36.6 Å². The average Bonchev–Trinajstić information content (AvgIpc) is 2.83. The Morgan fingerprint density at radius 3 is 2.63 bits per heavy atom. The molecule has 0 saturated carbocycles. The van der Waals surface area contributed by atoms with Crippen LogP contribution in [0.15, 0.2) is 29.6 Å². The summed E-state index contributed by atoms with van der Waals surface area (Å²) < 4.78 is 0. The number of thiazole rings is 1. The third-order valence-corrected chi connectivity index (χ3v) is 3.90. The molecule has 2 rings (SSSR count). The molecule has 0 atom stereocenters. The van der Waals surface area contributed by atoms with E-state index >= 15 is 0 Å². The summed E-state index contributed by atoms with van der Waals surface area (Å²) in [5.74, 6) is 0.0390. The molecule has 0 bridgehead atoms. The van der Waals surface area contributed by atoms with Crippen LogP contribution in [-0.2, 0) is 17.6 Å². The number of nitrogens with one attached hydrogen (secondary N) is 1. The molecule has 0 unspecified atom stereocenters. The molecule has 2 aromatic rings. The van der Waals surface area contributed by atoms with Crippen molar-refractivity contribution in [1.82, 2.24) is 4.98 Å². The number of hydrogen-bond donors (Lipinski definition) is 1. The summed E-state index contributed by atoms with van der Waals surface area (Å²) in [7, 11) is 0. The zero-order valence-electron chi connectivity index (χ0n) is 11.3. The quantitative estimate of drug-likeness (QED) is 0.905. The molecule has 1 amide bonds. The summed E-state index contributed by atoms with van der Waals surface area (Å²) in [6.07, 6.45) is 2.19. The van der Waals surface area contributed by atoms with Gasteiger partial charge in [-0.3, -0.25) is 4.79 Å². The normalized spacial score (nSPS) is 10.4. The Balaban J connectivity index is 1.83. The summed E-state index contributed by atoms with van der Waals surface area (Å²) in [6.45, 7) is 4.08. The Labute approximate surface area is 117 Å². The predicted octanol–water partition coefficient (Wildman–Crippen LogP) is 3.59. The highest BCUT2D eigenvalue weighted by Crippen LogP contribution is 2.13. The lowest BCUT2D eigenvalue weighted by Crippen LogP contribution is -2.12. The van der Waals surface area contributed by atoms with Gasteiger partial charge in [0.25, 0.3) is 0 Å². The number of carbonyl (C=O) groups excluding carboxylic acids is 1. The summed E-state index contributed by atoms with van der Waals surface area (Å²) in [5.41, 5.74) is 3.16. The Kier molecular flexibility index (Phi) is 4.68. The third-order valence-electron chi connectivity index (χ3n) is 2.88. The van der Waals surface area contributed by atoms with E-state index in [1.54, 1.807) is 11.3 Å². The first-order valence-corrected chi connectivity index (χ1v) is 7.35. The molecular weight excluding hydrogens is 256 g/mol. The van der Waals surface area contributed by atoms with Crippen LogP contribution in [0.2, 0.25) is 0 Å². The first kappa shape index (κ1) is 13.7. The van der Waals surface area contributed by atoms with E-state index in [-0.39, 0.29) is 5.91 Å². The van der Waals surface area contributed by atoms with Gasteiger partial charge >= 0.3 is 0 Å². The monoisotopic (exact) mass is 274 g/mol. The molecule has 1 N–H and O–H groups in total. The third kappa shape index (κ3) is 4.17. The van der Waals surface area contributed by atoms with Crippen molar-refractivity contribution in [2.45, 2.75) is 33.1 Å². The minimum absolute atomic E-state index is 0.0390. The maximum Gasteiger partial charge on any atom is 0.224 e. The molecule has 1 aromatic heterocycles. The second kappa shape index (κ2) is 6.48. The van der Waals surface area contributed by atoms with Crippen LogP contribution in [0.25, 0.3) is 0 Å². The molecule has 1 heterocycles. The topological polar surface area (TPSA) is 42.0 Å². The highest BCUT2D eigenvalue weighted by molar-refractivity contribution is 7.09. The van der Waals surface area contributed by atoms with Gasteiger partial charge in [-0.05, 0) is 31.0 Å². The Morgan fingerprint density at radius 1 is 1.32 bits per heavy atom.